The van der Waals surface area contributed by atoms with Gasteiger partial charge < -0.3 is 5.11 Å². The minimum atomic E-state index is -4.54. The third kappa shape index (κ3) is 4.71. The van der Waals surface area contributed by atoms with Crippen LogP contribution in [0.25, 0.3) is 0 Å². The molecule has 0 radical (unpaired) electrons. The largest absolute Gasteiger partial charge is 0.414 e. The summed E-state index contributed by atoms with van der Waals surface area (Å²) in [6.45, 7) is 1.54. The summed E-state index contributed by atoms with van der Waals surface area (Å²) in [6.07, 6.45) is -6.15. The molecule has 0 saturated carbocycles. The van der Waals surface area contributed by atoms with Crippen LogP contribution in [-0.2, 0) is 6.54 Å². The molecule has 0 aliphatic carbocycles. The molecule has 0 aromatic carbocycles. The van der Waals surface area contributed by atoms with E-state index in [1.54, 1.807) is 12.1 Å². The van der Waals surface area contributed by atoms with E-state index >= 15 is 0 Å². The second-order valence-electron chi connectivity index (χ2n) is 5.22. The molecule has 0 spiro atoms. The first kappa shape index (κ1) is 16.8. The Labute approximate surface area is 130 Å². The van der Waals surface area contributed by atoms with Crippen molar-refractivity contribution in [3.8, 4) is 0 Å². The maximum atomic E-state index is 12.5. The summed E-state index contributed by atoms with van der Waals surface area (Å²) in [7, 11) is 0. The molecule has 2 heterocycles. The van der Waals surface area contributed by atoms with Gasteiger partial charge in [-0.05, 0) is 49.5 Å². The first-order chi connectivity index (χ1) is 9.75. The molecule has 21 heavy (non-hydrogen) atoms. The van der Waals surface area contributed by atoms with E-state index in [1.165, 1.54) is 0 Å². The van der Waals surface area contributed by atoms with E-state index in [-0.39, 0.29) is 0 Å². The van der Waals surface area contributed by atoms with E-state index in [9.17, 15) is 18.3 Å². The highest BCUT2D eigenvalue weighted by molar-refractivity contribution is 6.32. The molecule has 1 aromatic heterocycles. The molecule has 1 atom stereocenters. The Morgan fingerprint density at radius 2 is 1.76 bits per heavy atom. The Morgan fingerprint density at radius 3 is 2.24 bits per heavy atom. The quantitative estimate of drug-likeness (QED) is 0.853. The highest BCUT2D eigenvalue weighted by Crippen LogP contribution is 2.32. The van der Waals surface area contributed by atoms with Crippen molar-refractivity contribution < 1.29 is 18.3 Å². The molecule has 2 rings (SSSR count). The van der Waals surface area contributed by atoms with Crippen molar-refractivity contribution in [3.05, 3.63) is 28.0 Å². The van der Waals surface area contributed by atoms with Crippen molar-refractivity contribution in [2.45, 2.75) is 31.7 Å². The first-order valence-corrected chi connectivity index (χ1v) is 7.30. The van der Waals surface area contributed by atoms with Gasteiger partial charge in [-0.1, -0.05) is 23.2 Å². The van der Waals surface area contributed by atoms with E-state index in [0.717, 1.165) is 5.56 Å². The summed E-state index contributed by atoms with van der Waals surface area (Å²) in [5.74, 6) is -0.731. The molecule has 0 bridgehead atoms. The van der Waals surface area contributed by atoms with Gasteiger partial charge in [0.1, 0.15) is 10.3 Å². The standard InChI is InChI=1S/C13H15Cl2F3N2O/c14-10-5-8(6-11(15)19-10)7-20-3-1-9(2-4-20)12(21)13(16,17)18/h5-6,9,12,21H,1-4,7H2. The minimum Gasteiger partial charge on any atom is -0.383 e. The van der Waals surface area contributed by atoms with E-state index in [4.69, 9.17) is 23.2 Å². The maximum Gasteiger partial charge on any atom is 0.414 e. The number of pyridine rings is 1. The maximum absolute atomic E-state index is 12.5. The lowest BCUT2D eigenvalue weighted by Crippen LogP contribution is -2.43. The molecule has 1 saturated heterocycles. The molecule has 0 amide bonds. The molecular weight excluding hydrogens is 328 g/mol. The van der Waals surface area contributed by atoms with Gasteiger partial charge in [-0.15, -0.1) is 0 Å². The number of aliphatic hydroxyl groups excluding tert-OH is 1. The molecule has 1 aliphatic rings. The number of halogens is 5. The van der Waals surface area contributed by atoms with Crippen molar-refractivity contribution in [2.24, 2.45) is 5.92 Å². The number of nitrogens with zero attached hydrogens (tertiary/aromatic N) is 2. The number of aromatic nitrogens is 1. The van der Waals surface area contributed by atoms with E-state index < -0.39 is 18.2 Å². The number of alkyl halides is 3. The molecule has 1 N–H and O–H groups in total. The van der Waals surface area contributed by atoms with Gasteiger partial charge in [0, 0.05) is 6.54 Å². The second kappa shape index (κ2) is 6.69. The van der Waals surface area contributed by atoms with Gasteiger partial charge in [0.15, 0.2) is 6.10 Å². The molecule has 118 valence electrons. The first-order valence-electron chi connectivity index (χ1n) is 6.55. The lowest BCUT2D eigenvalue weighted by Gasteiger charge is -2.34. The summed E-state index contributed by atoms with van der Waals surface area (Å²) in [5, 5.41) is 9.86. The molecule has 1 fully saturated rings. The normalized spacial score (nSPS) is 19.7. The number of likely N-dealkylation sites (tertiary alicyclic amines) is 1. The van der Waals surface area contributed by atoms with Gasteiger partial charge in [0.2, 0.25) is 0 Å². The summed E-state index contributed by atoms with van der Waals surface area (Å²) in [6, 6.07) is 3.37. The third-order valence-electron chi connectivity index (χ3n) is 3.64. The van der Waals surface area contributed by atoms with Crippen LogP contribution < -0.4 is 0 Å². The van der Waals surface area contributed by atoms with Crippen molar-refractivity contribution in [3.63, 3.8) is 0 Å². The zero-order chi connectivity index (χ0) is 15.6. The number of rotatable bonds is 3. The highest BCUT2D eigenvalue weighted by atomic mass is 35.5. The van der Waals surface area contributed by atoms with E-state index in [1.807, 2.05) is 4.90 Å². The molecular formula is C13H15Cl2F3N2O. The Balaban J connectivity index is 1.89. The molecule has 3 nitrogen and oxygen atoms in total. The van der Waals surface area contributed by atoms with Gasteiger partial charge in [-0.25, -0.2) is 4.98 Å². The molecule has 1 aromatic rings. The predicted molar refractivity (Wildman–Crippen MR) is 74.3 cm³/mol. The van der Waals surface area contributed by atoms with Crippen molar-refractivity contribution in [1.82, 2.24) is 9.88 Å². The van der Waals surface area contributed by atoms with E-state index in [2.05, 4.69) is 4.98 Å². The Kier molecular flexibility index (Phi) is 5.35. The third-order valence-corrected chi connectivity index (χ3v) is 4.03. The van der Waals surface area contributed by atoms with Crippen LogP contribution in [0.2, 0.25) is 10.3 Å². The predicted octanol–water partition coefficient (Wildman–Crippen LogP) is 3.52. The van der Waals surface area contributed by atoms with E-state index in [0.29, 0.717) is 42.8 Å². The number of piperidine rings is 1. The summed E-state index contributed by atoms with van der Waals surface area (Å²) in [4.78, 5) is 5.86. The minimum absolute atomic E-state index is 0.292. The zero-order valence-electron chi connectivity index (χ0n) is 11.1. The Hall–Kier alpha value is -0.560. The zero-order valence-corrected chi connectivity index (χ0v) is 12.6. The lowest BCUT2D eigenvalue weighted by molar-refractivity contribution is -0.223. The fourth-order valence-electron chi connectivity index (χ4n) is 2.56. The fraction of sp³-hybridized carbons (Fsp3) is 0.615. The van der Waals surface area contributed by atoms with Crippen LogP contribution >= 0.6 is 23.2 Å². The van der Waals surface area contributed by atoms with Crippen LogP contribution in [0.5, 0.6) is 0 Å². The summed E-state index contributed by atoms with van der Waals surface area (Å²) in [5.41, 5.74) is 0.870. The second-order valence-corrected chi connectivity index (χ2v) is 6.00. The van der Waals surface area contributed by atoms with Gasteiger partial charge in [-0.2, -0.15) is 13.2 Å². The molecule has 1 unspecified atom stereocenters. The van der Waals surface area contributed by atoms with Crippen LogP contribution in [-0.4, -0.2) is 40.4 Å². The number of hydrogen-bond donors (Lipinski definition) is 1. The number of hydrogen-bond acceptors (Lipinski definition) is 3. The van der Waals surface area contributed by atoms with Crippen molar-refractivity contribution in [1.29, 1.82) is 0 Å². The van der Waals surface area contributed by atoms with Crippen molar-refractivity contribution in [2.75, 3.05) is 13.1 Å². The number of aliphatic hydroxyl groups is 1. The van der Waals surface area contributed by atoms with Crippen molar-refractivity contribution >= 4 is 23.2 Å². The van der Waals surface area contributed by atoms with Gasteiger partial charge in [-0.3, -0.25) is 4.90 Å². The smallest absolute Gasteiger partial charge is 0.383 e. The fourth-order valence-corrected chi connectivity index (χ4v) is 3.06. The van der Waals surface area contributed by atoms with Crippen LogP contribution in [0.3, 0.4) is 0 Å². The van der Waals surface area contributed by atoms with Gasteiger partial charge >= 0.3 is 6.18 Å². The summed E-state index contributed by atoms with van der Waals surface area (Å²) < 4.78 is 37.4. The average Bonchev–Trinajstić information content (AvgIpc) is 2.36. The molecule has 8 heteroatoms. The average molecular weight is 343 g/mol. The highest BCUT2D eigenvalue weighted by Gasteiger charge is 2.44. The van der Waals surface area contributed by atoms with Crippen LogP contribution in [0, 0.1) is 5.92 Å². The molecule has 1 aliphatic heterocycles. The Morgan fingerprint density at radius 1 is 1.24 bits per heavy atom. The van der Waals surface area contributed by atoms with Gasteiger partial charge in [0.25, 0.3) is 0 Å². The van der Waals surface area contributed by atoms with Gasteiger partial charge in [0.05, 0.1) is 0 Å². The van der Waals surface area contributed by atoms with Crippen LogP contribution in [0.4, 0.5) is 13.2 Å². The lowest BCUT2D eigenvalue weighted by atomic mass is 9.90. The van der Waals surface area contributed by atoms with Crippen LogP contribution in [0.15, 0.2) is 12.1 Å². The monoisotopic (exact) mass is 342 g/mol. The topological polar surface area (TPSA) is 36.4 Å². The SMILES string of the molecule is OC(C1CCN(Cc2cc(Cl)nc(Cl)c2)CC1)C(F)(F)F. The van der Waals surface area contributed by atoms with Crippen LogP contribution in [0.1, 0.15) is 18.4 Å². The Bertz CT molecular complexity index is 471. The summed E-state index contributed by atoms with van der Waals surface area (Å²) >= 11 is 11.6.